The standard InChI is InChI=1S/C8H13N3O/c9-6-1-2-7(10)5(3-6)4-8(11)12/h1-3,8,12H,4,9-11H2. The van der Waals surface area contributed by atoms with Gasteiger partial charge in [-0.25, -0.2) is 0 Å². The second kappa shape index (κ2) is 3.42. The van der Waals surface area contributed by atoms with Crippen molar-refractivity contribution in [3.05, 3.63) is 23.8 Å². The lowest BCUT2D eigenvalue weighted by Crippen LogP contribution is -2.22. The summed E-state index contributed by atoms with van der Waals surface area (Å²) in [6.45, 7) is 0. The van der Waals surface area contributed by atoms with Crippen molar-refractivity contribution in [2.45, 2.75) is 12.6 Å². The second-order valence-corrected chi connectivity index (χ2v) is 2.73. The van der Waals surface area contributed by atoms with Gasteiger partial charge in [-0.1, -0.05) is 0 Å². The predicted octanol–water partition coefficient (Wildman–Crippen LogP) is -0.329. The molecule has 0 saturated heterocycles. The van der Waals surface area contributed by atoms with E-state index in [1.54, 1.807) is 18.2 Å². The largest absolute Gasteiger partial charge is 0.399 e. The number of nitrogen functional groups attached to an aromatic ring is 2. The Morgan fingerprint density at radius 2 is 2.00 bits per heavy atom. The molecule has 0 aliphatic rings. The normalized spacial score (nSPS) is 12.8. The van der Waals surface area contributed by atoms with Gasteiger partial charge in [0.05, 0.1) is 0 Å². The van der Waals surface area contributed by atoms with Crippen LogP contribution < -0.4 is 17.2 Å². The minimum atomic E-state index is -0.880. The summed E-state index contributed by atoms with van der Waals surface area (Å²) in [6.07, 6.45) is -0.550. The van der Waals surface area contributed by atoms with Gasteiger partial charge < -0.3 is 22.3 Å². The molecule has 0 amide bonds. The van der Waals surface area contributed by atoms with Gasteiger partial charge in [-0.05, 0) is 23.8 Å². The number of benzene rings is 1. The van der Waals surface area contributed by atoms with E-state index in [1.807, 2.05) is 0 Å². The Morgan fingerprint density at radius 3 is 2.58 bits per heavy atom. The van der Waals surface area contributed by atoms with Crippen molar-refractivity contribution in [3.8, 4) is 0 Å². The summed E-state index contributed by atoms with van der Waals surface area (Å²) < 4.78 is 0. The molecule has 1 rings (SSSR count). The van der Waals surface area contributed by atoms with Crippen LogP contribution in [0.2, 0.25) is 0 Å². The lowest BCUT2D eigenvalue weighted by atomic mass is 10.1. The first kappa shape index (κ1) is 8.83. The fourth-order valence-electron chi connectivity index (χ4n) is 1.03. The monoisotopic (exact) mass is 167 g/mol. The maximum Gasteiger partial charge on any atom is 0.106 e. The van der Waals surface area contributed by atoms with Crippen molar-refractivity contribution < 1.29 is 5.11 Å². The van der Waals surface area contributed by atoms with Gasteiger partial charge in [0.25, 0.3) is 0 Å². The zero-order valence-electron chi connectivity index (χ0n) is 6.70. The van der Waals surface area contributed by atoms with Gasteiger partial charge in [0, 0.05) is 17.8 Å². The lowest BCUT2D eigenvalue weighted by Gasteiger charge is -2.08. The molecule has 7 N–H and O–H groups in total. The van der Waals surface area contributed by atoms with E-state index in [-0.39, 0.29) is 0 Å². The SMILES string of the molecule is Nc1ccc(N)c(CC(N)O)c1. The Morgan fingerprint density at radius 1 is 1.33 bits per heavy atom. The number of nitrogens with two attached hydrogens (primary N) is 3. The summed E-state index contributed by atoms with van der Waals surface area (Å²) in [5.41, 5.74) is 18.4. The topological polar surface area (TPSA) is 98.3 Å². The number of aliphatic hydroxyl groups is 1. The van der Waals surface area contributed by atoms with E-state index in [2.05, 4.69) is 0 Å². The Kier molecular flexibility index (Phi) is 2.52. The van der Waals surface area contributed by atoms with Crippen LogP contribution in [0.5, 0.6) is 0 Å². The number of aliphatic hydroxyl groups excluding tert-OH is 1. The third-order valence-electron chi connectivity index (χ3n) is 1.60. The smallest absolute Gasteiger partial charge is 0.106 e. The first-order valence-corrected chi connectivity index (χ1v) is 3.67. The Hall–Kier alpha value is -1.26. The van der Waals surface area contributed by atoms with Gasteiger partial charge in [-0.3, -0.25) is 0 Å². The van der Waals surface area contributed by atoms with Crippen LogP contribution in [0.1, 0.15) is 5.56 Å². The molecule has 1 aromatic carbocycles. The van der Waals surface area contributed by atoms with Crippen molar-refractivity contribution >= 4 is 11.4 Å². The Labute approximate surface area is 71.0 Å². The van der Waals surface area contributed by atoms with Crippen LogP contribution in [-0.4, -0.2) is 11.3 Å². The van der Waals surface area contributed by atoms with Crippen LogP contribution >= 0.6 is 0 Å². The van der Waals surface area contributed by atoms with E-state index >= 15 is 0 Å². The third kappa shape index (κ3) is 2.11. The molecule has 66 valence electrons. The van der Waals surface area contributed by atoms with Crippen LogP contribution in [0.4, 0.5) is 11.4 Å². The third-order valence-corrected chi connectivity index (χ3v) is 1.60. The highest BCUT2D eigenvalue weighted by Crippen LogP contribution is 2.16. The van der Waals surface area contributed by atoms with Gasteiger partial charge in [0.2, 0.25) is 0 Å². The Bertz CT molecular complexity index is 273. The molecule has 0 saturated carbocycles. The fraction of sp³-hybridized carbons (Fsp3) is 0.250. The number of anilines is 2. The first-order valence-electron chi connectivity index (χ1n) is 3.67. The average molecular weight is 167 g/mol. The predicted molar refractivity (Wildman–Crippen MR) is 49.2 cm³/mol. The Balaban J connectivity index is 2.90. The van der Waals surface area contributed by atoms with E-state index in [0.29, 0.717) is 17.8 Å². The number of hydrogen-bond acceptors (Lipinski definition) is 4. The maximum absolute atomic E-state index is 8.90. The van der Waals surface area contributed by atoms with Gasteiger partial charge in [0.1, 0.15) is 6.23 Å². The van der Waals surface area contributed by atoms with Crippen molar-refractivity contribution in [3.63, 3.8) is 0 Å². The molecular weight excluding hydrogens is 154 g/mol. The molecule has 4 nitrogen and oxygen atoms in total. The molecule has 1 aromatic rings. The summed E-state index contributed by atoms with van der Waals surface area (Å²) in [5.74, 6) is 0. The van der Waals surface area contributed by atoms with E-state index in [0.717, 1.165) is 5.56 Å². The molecule has 0 bridgehead atoms. The zero-order valence-corrected chi connectivity index (χ0v) is 6.70. The molecule has 0 aromatic heterocycles. The molecule has 0 aliphatic heterocycles. The highest BCUT2D eigenvalue weighted by molar-refractivity contribution is 5.55. The van der Waals surface area contributed by atoms with Crippen molar-refractivity contribution in [2.24, 2.45) is 5.73 Å². The van der Waals surface area contributed by atoms with E-state index in [4.69, 9.17) is 22.3 Å². The quantitative estimate of drug-likeness (QED) is 0.358. The van der Waals surface area contributed by atoms with Gasteiger partial charge >= 0.3 is 0 Å². The van der Waals surface area contributed by atoms with Crippen molar-refractivity contribution in [1.82, 2.24) is 0 Å². The fourth-order valence-corrected chi connectivity index (χ4v) is 1.03. The van der Waals surface area contributed by atoms with Gasteiger partial charge in [-0.15, -0.1) is 0 Å². The molecule has 0 aliphatic carbocycles. The summed E-state index contributed by atoms with van der Waals surface area (Å²) >= 11 is 0. The molecule has 0 heterocycles. The highest BCUT2D eigenvalue weighted by atomic mass is 16.3. The number of rotatable bonds is 2. The average Bonchev–Trinajstić information content (AvgIpc) is 1.96. The van der Waals surface area contributed by atoms with Crippen LogP contribution in [0.25, 0.3) is 0 Å². The van der Waals surface area contributed by atoms with Crippen molar-refractivity contribution in [1.29, 1.82) is 0 Å². The number of hydrogen-bond donors (Lipinski definition) is 4. The van der Waals surface area contributed by atoms with Gasteiger partial charge in [0.15, 0.2) is 0 Å². The molecule has 1 unspecified atom stereocenters. The minimum absolute atomic E-state index is 0.330. The zero-order chi connectivity index (χ0) is 9.14. The van der Waals surface area contributed by atoms with E-state index in [9.17, 15) is 0 Å². The molecule has 4 heteroatoms. The maximum atomic E-state index is 8.90. The molecule has 0 radical (unpaired) electrons. The van der Waals surface area contributed by atoms with Crippen molar-refractivity contribution in [2.75, 3.05) is 11.5 Å². The molecule has 12 heavy (non-hydrogen) atoms. The van der Waals surface area contributed by atoms with E-state index < -0.39 is 6.23 Å². The summed E-state index contributed by atoms with van der Waals surface area (Å²) in [6, 6.07) is 5.13. The highest BCUT2D eigenvalue weighted by Gasteiger charge is 2.03. The summed E-state index contributed by atoms with van der Waals surface area (Å²) in [5, 5.41) is 8.90. The molecule has 1 atom stereocenters. The van der Waals surface area contributed by atoms with Crippen LogP contribution in [0.15, 0.2) is 18.2 Å². The summed E-state index contributed by atoms with van der Waals surface area (Å²) in [4.78, 5) is 0. The lowest BCUT2D eigenvalue weighted by molar-refractivity contribution is 0.183. The molecular formula is C8H13N3O. The minimum Gasteiger partial charge on any atom is -0.399 e. The van der Waals surface area contributed by atoms with E-state index in [1.165, 1.54) is 0 Å². The molecule has 0 fully saturated rings. The second-order valence-electron chi connectivity index (χ2n) is 2.73. The molecule has 0 spiro atoms. The first-order chi connectivity index (χ1) is 5.59. The van der Waals surface area contributed by atoms with Crippen LogP contribution in [-0.2, 0) is 6.42 Å². The van der Waals surface area contributed by atoms with Crippen LogP contribution in [0, 0.1) is 0 Å². The summed E-state index contributed by atoms with van der Waals surface area (Å²) in [7, 11) is 0. The van der Waals surface area contributed by atoms with Gasteiger partial charge in [-0.2, -0.15) is 0 Å². The van der Waals surface area contributed by atoms with Crippen LogP contribution in [0.3, 0.4) is 0 Å².